The highest BCUT2D eigenvalue weighted by Crippen LogP contribution is 2.15. The molecule has 1 atom stereocenters. The Morgan fingerprint density at radius 2 is 1.74 bits per heavy atom. The van der Waals surface area contributed by atoms with Crippen LogP contribution in [0, 0.1) is 18.3 Å². The Morgan fingerprint density at radius 1 is 1.05 bits per heavy atom. The molecule has 19 heavy (non-hydrogen) atoms. The lowest BCUT2D eigenvalue weighted by Gasteiger charge is -2.12. The third kappa shape index (κ3) is 4.15. The van der Waals surface area contributed by atoms with Gasteiger partial charge in [0.2, 0.25) is 0 Å². The van der Waals surface area contributed by atoms with Crippen molar-refractivity contribution in [3.05, 3.63) is 65.7 Å². The molecule has 0 saturated heterocycles. The van der Waals surface area contributed by atoms with E-state index in [2.05, 4.69) is 18.2 Å². The van der Waals surface area contributed by atoms with E-state index in [1.54, 1.807) is 0 Å². The standard InChI is InChI=1S/C17H17NO/c1-14-7-10-16(11-8-14)19-17(13-18)12-9-15-5-3-2-4-6-15/h2-8,10-11,17H,9,12H2,1H3. The van der Waals surface area contributed by atoms with Gasteiger partial charge in [-0.05, 0) is 31.0 Å². The van der Waals surface area contributed by atoms with Gasteiger partial charge in [0.05, 0.1) is 0 Å². The number of ether oxygens (including phenoxy) is 1. The molecule has 0 radical (unpaired) electrons. The van der Waals surface area contributed by atoms with E-state index >= 15 is 0 Å². The molecule has 0 aromatic heterocycles. The topological polar surface area (TPSA) is 33.0 Å². The molecule has 2 nitrogen and oxygen atoms in total. The normalized spacial score (nSPS) is 11.6. The van der Waals surface area contributed by atoms with Crippen molar-refractivity contribution in [3.8, 4) is 11.8 Å². The molecule has 1 unspecified atom stereocenters. The first-order valence-corrected chi connectivity index (χ1v) is 6.45. The third-order valence-corrected chi connectivity index (χ3v) is 2.98. The number of hydrogen-bond donors (Lipinski definition) is 0. The molecule has 0 aliphatic rings. The summed E-state index contributed by atoms with van der Waals surface area (Å²) in [6, 6.07) is 20.2. The van der Waals surface area contributed by atoms with Crippen LogP contribution in [0.4, 0.5) is 0 Å². The van der Waals surface area contributed by atoms with Crippen LogP contribution >= 0.6 is 0 Å². The minimum absolute atomic E-state index is 0.400. The van der Waals surface area contributed by atoms with Crippen molar-refractivity contribution in [1.82, 2.24) is 0 Å². The Labute approximate surface area is 114 Å². The SMILES string of the molecule is Cc1ccc(OC(C#N)CCc2ccccc2)cc1. The summed E-state index contributed by atoms with van der Waals surface area (Å²) >= 11 is 0. The van der Waals surface area contributed by atoms with E-state index in [0.717, 1.165) is 12.2 Å². The molecule has 0 saturated carbocycles. The molecule has 0 heterocycles. The molecular formula is C17H17NO. The van der Waals surface area contributed by atoms with Crippen molar-refractivity contribution in [2.75, 3.05) is 0 Å². The van der Waals surface area contributed by atoms with Crippen LogP contribution in [0.2, 0.25) is 0 Å². The van der Waals surface area contributed by atoms with Crippen molar-refractivity contribution in [3.63, 3.8) is 0 Å². The summed E-state index contributed by atoms with van der Waals surface area (Å²) in [5.41, 5.74) is 2.42. The van der Waals surface area contributed by atoms with Gasteiger partial charge in [-0.25, -0.2) is 0 Å². The predicted molar refractivity (Wildman–Crippen MR) is 76.0 cm³/mol. The molecule has 0 aliphatic carbocycles. The highest BCUT2D eigenvalue weighted by atomic mass is 16.5. The number of nitriles is 1. The molecule has 96 valence electrons. The number of nitrogens with zero attached hydrogens (tertiary/aromatic N) is 1. The van der Waals surface area contributed by atoms with Crippen molar-refractivity contribution in [2.45, 2.75) is 25.9 Å². The average Bonchev–Trinajstić information content (AvgIpc) is 2.46. The number of aryl methyl sites for hydroxylation is 2. The zero-order chi connectivity index (χ0) is 13.5. The molecule has 2 aromatic carbocycles. The van der Waals surface area contributed by atoms with E-state index in [0.29, 0.717) is 6.42 Å². The molecule has 2 aromatic rings. The van der Waals surface area contributed by atoms with Gasteiger partial charge in [-0.15, -0.1) is 0 Å². The largest absolute Gasteiger partial charge is 0.476 e. The maximum Gasteiger partial charge on any atom is 0.184 e. The van der Waals surface area contributed by atoms with E-state index in [9.17, 15) is 0 Å². The van der Waals surface area contributed by atoms with Gasteiger partial charge >= 0.3 is 0 Å². The van der Waals surface area contributed by atoms with Crippen LogP contribution in [0.3, 0.4) is 0 Å². The van der Waals surface area contributed by atoms with Crippen LogP contribution in [-0.2, 0) is 6.42 Å². The minimum atomic E-state index is -0.400. The molecule has 0 amide bonds. The summed E-state index contributed by atoms with van der Waals surface area (Å²) in [5, 5.41) is 9.14. The van der Waals surface area contributed by atoms with Gasteiger partial charge in [-0.2, -0.15) is 5.26 Å². The Balaban J connectivity index is 1.90. The van der Waals surface area contributed by atoms with Crippen LogP contribution in [0.1, 0.15) is 17.5 Å². The summed E-state index contributed by atoms with van der Waals surface area (Å²) in [6.45, 7) is 2.03. The maximum atomic E-state index is 9.14. The Hall–Kier alpha value is -2.27. The van der Waals surface area contributed by atoms with Crippen LogP contribution in [0.25, 0.3) is 0 Å². The number of rotatable bonds is 5. The van der Waals surface area contributed by atoms with Crippen molar-refractivity contribution >= 4 is 0 Å². The minimum Gasteiger partial charge on any atom is -0.476 e. The Kier molecular flexibility index (Phi) is 4.58. The molecule has 2 heteroatoms. The first-order valence-electron chi connectivity index (χ1n) is 6.45. The lowest BCUT2D eigenvalue weighted by atomic mass is 10.1. The predicted octanol–water partition coefficient (Wildman–Crippen LogP) is 3.90. The van der Waals surface area contributed by atoms with Crippen molar-refractivity contribution in [2.24, 2.45) is 0 Å². The quantitative estimate of drug-likeness (QED) is 0.807. The molecule has 2 rings (SSSR count). The number of hydrogen-bond acceptors (Lipinski definition) is 2. The fourth-order valence-corrected chi connectivity index (χ4v) is 1.87. The highest BCUT2D eigenvalue weighted by Gasteiger charge is 2.09. The van der Waals surface area contributed by atoms with E-state index in [4.69, 9.17) is 10.00 Å². The summed E-state index contributed by atoms with van der Waals surface area (Å²) in [6.07, 6.45) is 1.15. The van der Waals surface area contributed by atoms with E-state index in [1.165, 1.54) is 11.1 Å². The first kappa shape index (κ1) is 13.2. The lowest BCUT2D eigenvalue weighted by molar-refractivity contribution is 0.245. The van der Waals surface area contributed by atoms with Crippen LogP contribution < -0.4 is 4.74 Å². The van der Waals surface area contributed by atoms with E-state index in [1.807, 2.05) is 49.4 Å². The second kappa shape index (κ2) is 6.61. The van der Waals surface area contributed by atoms with Gasteiger partial charge in [-0.3, -0.25) is 0 Å². The molecule has 0 fully saturated rings. The van der Waals surface area contributed by atoms with Gasteiger partial charge in [0.15, 0.2) is 6.10 Å². The molecule has 0 spiro atoms. The van der Waals surface area contributed by atoms with Gasteiger partial charge in [0, 0.05) is 6.42 Å². The second-order valence-corrected chi connectivity index (χ2v) is 4.57. The Morgan fingerprint density at radius 3 is 2.37 bits per heavy atom. The first-order chi connectivity index (χ1) is 9.28. The lowest BCUT2D eigenvalue weighted by Crippen LogP contribution is -2.15. The fourth-order valence-electron chi connectivity index (χ4n) is 1.87. The van der Waals surface area contributed by atoms with Crippen LogP contribution in [0.15, 0.2) is 54.6 Å². The zero-order valence-corrected chi connectivity index (χ0v) is 11.0. The van der Waals surface area contributed by atoms with Gasteiger partial charge in [0.25, 0.3) is 0 Å². The molecule has 0 N–H and O–H groups in total. The molecule has 0 aliphatic heterocycles. The third-order valence-electron chi connectivity index (χ3n) is 2.98. The maximum absolute atomic E-state index is 9.14. The number of benzene rings is 2. The fraction of sp³-hybridized carbons (Fsp3) is 0.235. The van der Waals surface area contributed by atoms with E-state index < -0.39 is 6.10 Å². The van der Waals surface area contributed by atoms with Gasteiger partial charge in [0.1, 0.15) is 11.8 Å². The van der Waals surface area contributed by atoms with E-state index in [-0.39, 0.29) is 0 Å². The smallest absolute Gasteiger partial charge is 0.184 e. The second-order valence-electron chi connectivity index (χ2n) is 4.57. The summed E-state index contributed by atoms with van der Waals surface area (Å²) in [4.78, 5) is 0. The van der Waals surface area contributed by atoms with Gasteiger partial charge in [-0.1, -0.05) is 48.0 Å². The van der Waals surface area contributed by atoms with Crippen LogP contribution in [-0.4, -0.2) is 6.10 Å². The average molecular weight is 251 g/mol. The van der Waals surface area contributed by atoms with Crippen molar-refractivity contribution in [1.29, 1.82) is 5.26 Å². The summed E-state index contributed by atoms with van der Waals surface area (Å²) < 4.78 is 5.68. The van der Waals surface area contributed by atoms with Crippen molar-refractivity contribution < 1.29 is 4.74 Å². The summed E-state index contributed by atoms with van der Waals surface area (Å²) in [5.74, 6) is 0.755. The Bertz CT molecular complexity index is 540. The highest BCUT2D eigenvalue weighted by molar-refractivity contribution is 5.27. The van der Waals surface area contributed by atoms with Gasteiger partial charge < -0.3 is 4.74 Å². The molecular weight excluding hydrogens is 234 g/mol. The monoisotopic (exact) mass is 251 g/mol. The van der Waals surface area contributed by atoms with Crippen LogP contribution in [0.5, 0.6) is 5.75 Å². The zero-order valence-electron chi connectivity index (χ0n) is 11.0. The molecule has 0 bridgehead atoms. The summed E-state index contributed by atoms with van der Waals surface area (Å²) in [7, 11) is 0.